The van der Waals surface area contributed by atoms with Gasteiger partial charge in [-0.15, -0.1) is 5.10 Å². The average Bonchev–Trinajstić information content (AvgIpc) is 3.09. The van der Waals surface area contributed by atoms with Gasteiger partial charge in [0.25, 0.3) is 0 Å². The smallest absolute Gasteiger partial charge is 0.230 e. The molecule has 1 amide bonds. The van der Waals surface area contributed by atoms with E-state index in [-0.39, 0.29) is 17.7 Å². The van der Waals surface area contributed by atoms with E-state index in [1.165, 1.54) is 17.3 Å². The van der Waals surface area contributed by atoms with Crippen molar-refractivity contribution in [3.05, 3.63) is 64.2 Å². The average molecular weight is 402 g/mol. The van der Waals surface area contributed by atoms with E-state index in [1.807, 2.05) is 57.2 Å². The van der Waals surface area contributed by atoms with Gasteiger partial charge in [-0.05, 0) is 60.5 Å². The molecule has 0 bridgehead atoms. The van der Waals surface area contributed by atoms with Crippen LogP contribution in [-0.4, -0.2) is 31.9 Å². The van der Waals surface area contributed by atoms with Crippen LogP contribution < -0.4 is 5.32 Å². The zero-order valence-electron chi connectivity index (χ0n) is 15.3. The van der Waals surface area contributed by atoms with Crippen molar-refractivity contribution in [3.8, 4) is 5.69 Å². The van der Waals surface area contributed by atoms with Gasteiger partial charge in [-0.1, -0.05) is 53.2 Å². The van der Waals surface area contributed by atoms with Crippen molar-refractivity contribution in [1.29, 1.82) is 0 Å². The first kappa shape index (κ1) is 19.4. The van der Waals surface area contributed by atoms with Crippen molar-refractivity contribution in [2.75, 3.05) is 5.75 Å². The van der Waals surface area contributed by atoms with Crippen LogP contribution in [0, 0.1) is 13.8 Å². The van der Waals surface area contributed by atoms with Gasteiger partial charge in [0.05, 0.1) is 17.5 Å². The molecular weight excluding hydrogens is 382 g/mol. The van der Waals surface area contributed by atoms with Gasteiger partial charge in [-0.2, -0.15) is 4.68 Å². The SMILES string of the molecule is Cc1ccc(-n2nnnc2SCC(=O)N[C@H](C)c2ccc(Cl)cc2)c(C)c1. The molecule has 0 aliphatic heterocycles. The number of tetrazole rings is 1. The Bertz CT molecular complexity index is 942. The quantitative estimate of drug-likeness (QED) is 0.634. The maximum absolute atomic E-state index is 12.3. The van der Waals surface area contributed by atoms with E-state index in [1.54, 1.807) is 4.68 Å². The van der Waals surface area contributed by atoms with Gasteiger partial charge in [0, 0.05) is 5.02 Å². The first-order chi connectivity index (χ1) is 12.9. The summed E-state index contributed by atoms with van der Waals surface area (Å²) in [4.78, 5) is 12.3. The zero-order valence-corrected chi connectivity index (χ0v) is 16.9. The summed E-state index contributed by atoms with van der Waals surface area (Å²) in [7, 11) is 0. The molecule has 1 atom stereocenters. The fourth-order valence-electron chi connectivity index (χ4n) is 2.71. The molecule has 0 radical (unpaired) electrons. The molecule has 3 aromatic rings. The van der Waals surface area contributed by atoms with Gasteiger partial charge in [0.1, 0.15) is 0 Å². The number of rotatable bonds is 6. The predicted molar refractivity (Wildman–Crippen MR) is 107 cm³/mol. The minimum atomic E-state index is -0.106. The third-order valence-electron chi connectivity index (χ3n) is 4.10. The molecule has 0 aliphatic rings. The van der Waals surface area contributed by atoms with Gasteiger partial charge in [-0.3, -0.25) is 4.79 Å². The number of halogens is 1. The Morgan fingerprint density at radius 3 is 2.67 bits per heavy atom. The molecule has 0 saturated heterocycles. The summed E-state index contributed by atoms with van der Waals surface area (Å²) in [5.41, 5.74) is 4.15. The molecule has 140 valence electrons. The number of carbonyl (C=O) groups excluding carboxylic acids is 1. The lowest BCUT2D eigenvalue weighted by Crippen LogP contribution is -2.28. The maximum atomic E-state index is 12.3. The number of thioether (sulfide) groups is 1. The second-order valence-corrected chi connectivity index (χ2v) is 7.67. The first-order valence-corrected chi connectivity index (χ1v) is 9.84. The summed E-state index contributed by atoms with van der Waals surface area (Å²) in [6.45, 7) is 5.99. The highest BCUT2D eigenvalue weighted by Crippen LogP contribution is 2.22. The number of hydrogen-bond acceptors (Lipinski definition) is 5. The molecule has 1 heterocycles. The molecule has 8 heteroatoms. The highest BCUT2D eigenvalue weighted by atomic mass is 35.5. The van der Waals surface area contributed by atoms with Crippen molar-refractivity contribution in [1.82, 2.24) is 25.5 Å². The molecule has 6 nitrogen and oxygen atoms in total. The molecule has 1 aromatic heterocycles. The number of aromatic nitrogens is 4. The lowest BCUT2D eigenvalue weighted by Gasteiger charge is -2.14. The van der Waals surface area contributed by atoms with E-state index >= 15 is 0 Å². The normalized spacial score (nSPS) is 12.0. The number of carbonyl (C=O) groups is 1. The number of amides is 1. The van der Waals surface area contributed by atoms with Crippen LogP contribution in [0.1, 0.15) is 29.7 Å². The van der Waals surface area contributed by atoms with Crippen LogP contribution in [0.3, 0.4) is 0 Å². The summed E-state index contributed by atoms with van der Waals surface area (Å²) in [5.74, 6) is 0.140. The Labute approximate surface area is 167 Å². The van der Waals surface area contributed by atoms with Gasteiger partial charge in [0.2, 0.25) is 11.1 Å². The van der Waals surface area contributed by atoms with Crippen LogP contribution in [0.2, 0.25) is 5.02 Å². The maximum Gasteiger partial charge on any atom is 0.230 e. The van der Waals surface area contributed by atoms with Crippen molar-refractivity contribution < 1.29 is 4.79 Å². The number of nitrogens with zero attached hydrogens (tertiary/aromatic N) is 4. The standard InChI is InChI=1S/C19H20ClN5OS/c1-12-4-9-17(13(2)10-12)25-19(22-23-24-25)27-11-18(26)21-14(3)15-5-7-16(20)8-6-15/h4-10,14H,11H2,1-3H3,(H,21,26)/t14-/m1/s1. The molecule has 0 unspecified atom stereocenters. The van der Waals surface area contributed by atoms with Crippen LogP contribution in [0.25, 0.3) is 5.69 Å². The van der Waals surface area contributed by atoms with Gasteiger partial charge in [-0.25, -0.2) is 0 Å². The summed E-state index contributed by atoms with van der Waals surface area (Å²) in [6, 6.07) is 13.4. The van der Waals surface area contributed by atoms with E-state index < -0.39 is 0 Å². The topological polar surface area (TPSA) is 72.7 Å². The molecule has 2 aromatic carbocycles. The van der Waals surface area contributed by atoms with Crippen LogP contribution >= 0.6 is 23.4 Å². The monoisotopic (exact) mass is 401 g/mol. The van der Waals surface area contributed by atoms with Gasteiger partial charge in [0.15, 0.2) is 0 Å². The number of benzene rings is 2. The van der Waals surface area contributed by atoms with E-state index in [2.05, 4.69) is 26.9 Å². The number of aryl methyl sites for hydroxylation is 2. The molecule has 1 N–H and O–H groups in total. The second-order valence-electron chi connectivity index (χ2n) is 6.29. The Hall–Kier alpha value is -2.38. The van der Waals surface area contributed by atoms with Crippen LogP contribution in [0.15, 0.2) is 47.6 Å². The Kier molecular flexibility index (Phi) is 6.13. The molecule has 0 spiro atoms. The van der Waals surface area contributed by atoms with E-state index in [9.17, 15) is 4.79 Å². The minimum absolute atomic E-state index is 0.0855. The molecule has 3 rings (SSSR count). The van der Waals surface area contributed by atoms with Crippen molar-refractivity contribution in [3.63, 3.8) is 0 Å². The van der Waals surface area contributed by atoms with Crippen LogP contribution in [0.4, 0.5) is 0 Å². The number of hydrogen-bond donors (Lipinski definition) is 1. The van der Waals surface area contributed by atoms with Gasteiger partial charge < -0.3 is 5.32 Å². The lowest BCUT2D eigenvalue weighted by molar-refractivity contribution is -0.119. The van der Waals surface area contributed by atoms with E-state index in [0.29, 0.717) is 10.2 Å². The predicted octanol–water partition coefficient (Wildman–Crippen LogP) is 3.90. The largest absolute Gasteiger partial charge is 0.349 e. The lowest BCUT2D eigenvalue weighted by atomic mass is 10.1. The molecule has 0 fully saturated rings. The summed E-state index contributed by atoms with van der Waals surface area (Å²) >= 11 is 7.21. The molecular formula is C19H20ClN5OS. The first-order valence-electron chi connectivity index (χ1n) is 8.47. The second kappa shape index (κ2) is 8.54. The molecule has 0 aliphatic carbocycles. The third kappa shape index (κ3) is 4.87. The van der Waals surface area contributed by atoms with Crippen molar-refractivity contribution in [2.24, 2.45) is 0 Å². The van der Waals surface area contributed by atoms with Crippen LogP contribution in [-0.2, 0) is 4.79 Å². The van der Waals surface area contributed by atoms with Gasteiger partial charge >= 0.3 is 0 Å². The fraction of sp³-hybridized carbons (Fsp3) is 0.263. The van der Waals surface area contributed by atoms with Crippen molar-refractivity contribution >= 4 is 29.3 Å². The van der Waals surface area contributed by atoms with E-state index in [0.717, 1.165) is 16.8 Å². The minimum Gasteiger partial charge on any atom is -0.349 e. The fourth-order valence-corrected chi connectivity index (χ4v) is 3.53. The number of nitrogens with one attached hydrogen (secondary N) is 1. The summed E-state index contributed by atoms with van der Waals surface area (Å²) in [5, 5.41) is 16.1. The highest BCUT2D eigenvalue weighted by Gasteiger charge is 2.15. The summed E-state index contributed by atoms with van der Waals surface area (Å²) < 4.78 is 1.66. The third-order valence-corrected chi connectivity index (χ3v) is 5.27. The Balaban J connectivity index is 1.63. The van der Waals surface area contributed by atoms with E-state index in [4.69, 9.17) is 11.6 Å². The van der Waals surface area contributed by atoms with Crippen molar-refractivity contribution in [2.45, 2.75) is 32.0 Å². The summed E-state index contributed by atoms with van der Waals surface area (Å²) in [6.07, 6.45) is 0. The van der Waals surface area contributed by atoms with Crippen LogP contribution in [0.5, 0.6) is 0 Å². The Morgan fingerprint density at radius 1 is 1.22 bits per heavy atom. The Morgan fingerprint density at radius 2 is 1.96 bits per heavy atom. The zero-order chi connectivity index (χ0) is 19.4. The molecule has 27 heavy (non-hydrogen) atoms. The molecule has 0 saturated carbocycles. The highest BCUT2D eigenvalue weighted by molar-refractivity contribution is 7.99.